The van der Waals surface area contributed by atoms with Gasteiger partial charge in [-0.1, -0.05) is 24.3 Å². The fraction of sp³-hybridized carbons (Fsp3) is 0.394. The van der Waals surface area contributed by atoms with Crippen molar-refractivity contribution in [3.05, 3.63) is 100 Å². The van der Waals surface area contributed by atoms with Crippen LogP contribution in [0.3, 0.4) is 0 Å². The molecule has 3 aromatic carbocycles. The minimum Gasteiger partial charge on any atom is -0.377 e. The summed E-state index contributed by atoms with van der Waals surface area (Å²) in [6, 6.07) is 10.2. The van der Waals surface area contributed by atoms with Crippen LogP contribution in [-0.2, 0) is 9.47 Å². The molecule has 42 heavy (non-hydrogen) atoms. The molecule has 1 saturated heterocycles. The zero-order chi connectivity index (χ0) is 30.0. The average molecular weight is 593 g/mol. The van der Waals surface area contributed by atoms with Gasteiger partial charge < -0.3 is 9.47 Å². The number of rotatable bonds is 7. The lowest BCUT2D eigenvalue weighted by molar-refractivity contribution is -0.0420. The summed E-state index contributed by atoms with van der Waals surface area (Å²) in [6.07, 6.45) is 4.02. The third kappa shape index (κ3) is 6.42. The number of ether oxygens (including phenoxy) is 2. The van der Waals surface area contributed by atoms with E-state index < -0.39 is 53.3 Å². The number of halogens is 7. The Morgan fingerprint density at radius 1 is 0.738 bits per heavy atom. The highest BCUT2D eigenvalue weighted by atomic mass is 19.2. The SMILES string of the molecule is COCC(F)=C(F)c1ccc(-c2cc(F)c(C3CCC(C4CCC(c5cc(F)c(F)c(F)c5)CC4)OC3)c(F)c2)cc1. The second-order valence-electron chi connectivity index (χ2n) is 11.1. The predicted octanol–water partition coefficient (Wildman–Crippen LogP) is 9.54. The summed E-state index contributed by atoms with van der Waals surface area (Å²) in [5, 5.41) is 0. The van der Waals surface area contributed by atoms with Crippen LogP contribution in [0.5, 0.6) is 0 Å². The highest BCUT2D eigenvalue weighted by molar-refractivity contribution is 5.69. The van der Waals surface area contributed by atoms with Crippen molar-refractivity contribution in [1.82, 2.24) is 0 Å². The molecule has 0 spiro atoms. The van der Waals surface area contributed by atoms with Crippen LogP contribution < -0.4 is 0 Å². The Morgan fingerprint density at radius 3 is 1.88 bits per heavy atom. The minimum atomic E-state index is -1.46. The summed E-state index contributed by atoms with van der Waals surface area (Å²) in [5.41, 5.74) is 1.14. The fourth-order valence-corrected chi connectivity index (χ4v) is 6.30. The molecule has 1 saturated carbocycles. The zero-order valence-electron chi connectivity index (χ0n) is 23.0. The minimum absolute atomic E-state index is 0.00786. The first-order chi connectivity index (χ1) is 20.2. The standard InChI is InChI=1S/C33H31F7O2/c1-41-17-29(38)32(39)21-8-4-19(5-9-21)23-12-25(34)31(26(35)13-23)22-10-11-30(42-16-22)20-6-2-18(3-7-20)24-14-27(36)33(40)28(37)15-24/h4-5,8-9,12-15,18,20,22,30H,2-3,6-7,10-11,16-17H2,1H3. The smallest absolute Gasteiger partial charge is 0.194 e. The lowest BCUT2D eigenvalue weighted by Crippen LogP contribution is -2.33. The maximum atomic E-state index is 15.2. The Balaban J connectivity index is 1.19. The molecule has 2 aliphatic rings. The maximum absolute atomic E-state index is 15.2. The highest BCUT2D eigenvalue weighted by Gasteiger charge is 2.34. The van der Waals surface area contributed by atoms with Crippen LogP contribution in [0.15, 0.2) is 54.4 Å². The molecular formula is C33H31F7O2. The molecule has 0 amide bonds. The summed E-state index contributed by atoms with van der Waals surface area (Å²) in [7, 11) is 1.25. The van der Waals surface area contributed by atoms with E-state index in [0.29, 0.717) is 36.8 Å². The molecule has 0 aromatic heterocycles. The van der Waals surface area contributed by atoms with E-state index in [2.05, 4.69) is 4.74 Å². The topological polar surface area (TPSA) is 18.5 Å². The van der Waals surface area contributed by atoms with Crippen LogP contribution in [0.4, 0.5) is 30.7 Å². The Labute approximate surface area is 240 Å². The van der Waals surface area contributed by atoms with Crippen molar-refractivity contribution in [3.63, 3.8) is 0 Å². The molecule has 0 radical (unpaired) electrons. The molecule has 2 atom stereocenters. The van der Waals surface area contributed by atoms with Gasteiger partial charge in [0.05, 0.1) is 12.7 Å². The third-order valence-electron chi connectivity index (χ3n) is 8.55. The normalized spacial score (nSPS) is 23.5. The van der Waals surface area contributed by atoms with Gasteiger partial charge in [0.2, 0.25) is 0 Å². The Hall–Kier alpha value is -3.17. The molecule has 1 heterocycles. The molecule has 9 heteroatoms. The Morgan fingerprint density at radius 2 is 1.33 bits per heavy atom. The summed E-state index contributed by atoms with van der Waals surface area (Å²) in [6.45, 7) is -0.333. The summed E-state index contributed by atoms with van der Waals surface area (Å²) < 4.78 is 110. The lowest BCUT2D eigenvalue weighted by atomic mass is 9.74. The van der Waals surface area contributed by atoms with Crippen molar-refractivity contribution >= 4 is 5.83 Å². The van der Waals surface area contributed by atoms with Crippen LogP contribution in [0.2, 0.25) is 0 Å². The van der Waals surface area contributed by atoms with Gasteiger partial charge in [-0.3, -0.25) is 0 Å². The number of methoxy groups -OCH3 is 1. The molecule has 1 aliphatic heterocycles. The van der Waals surface area contributed by atoms with Gasteiger partial charge in [-0.2, -0.15) is 0 Å². The van der Waals surface area contributed by atoms with E-state index in [0.717, 1.165) is 25.0 Å². The van der Waals surface area contributed by atoms with Gasteiger partial charge in [0.25, 0.3) is 0 Å². The molecule has 1 aliphatic carbocycles. The largest absolute Gasteiger partial charge is 0.377 e. The second-order valence-corrected chi connectivity index (χ2v) is 11.1. The van der Waals surface area contributed by atoms with E-state index in [1.807, 2.05) is 0 Å². The maximum Gasteiger partial charge on any atom is 0.194 e. The molecular weight excluding hydrogens is 561 g/mol. The highest BCUT2D eigenvalue weighted by Crippen LogP contribution is 2.42. The van der Waals surface area contributed by atoms with Gasteiger partial charge in [0.15, 0.2) is 29.1 Å². The molecule has 3 aromatic rings. The first-order valence-corrected chi connectivity index (χ1v) is 14.0. The van der Waals surface area contributed by atoms with Gasteiger partial charge in [-0.05, 0) is 91.3 Å². The van der Waals surface area contributed by atoms with Gasteiger partial charge in [-0.15, -0.1) is 0 Å². The molecule has 5 rings (SSSR count). The monoisotopic (exact) mass is 592 g/mol. The van der Waals surface area contributed by atoms with Crippen molar-refractivity contribution in [2.75, 3.05) is 20.3 Å². The number of hydrogen-bond acceptors (Lipinski definition) is 2. The van der Waals surface area contributed by atoms with E-state index in [9.17, 15) is 22.0 Å². The Kier molecular flexibility index (Phi) is 9.38. The van der Waals surface area contributed by atoms with Gasteiger partial charge in [0.1, 0.15) is 18.2 Å². The lowest BCUT2D eigenvalue weighted by Gasteiger charge is -2.38. The summed E-state index contributed by atoms with van der Waals surface area (Å²) in [5.74, 6) is -7.62. The average Bonchev–Trinajstić information content (AvgIpc) is 2.99. The van der Waals surface area contributed by atoms with Crippen LogP contribution in [0.1, 0.15) is 67.1 Å². The summed E-state index contributed by atoms with van der Waals surface area (Å²) >= 11 is 0. The van der Waals surface area contributed by atoms with E-state index in [1.54, 1.807) is 0 Å². The van der Waals surface area contributed by atoms with Crippen LogP contribution >= 0.6 is 0 Å². The van der Waals surface area contributed by atoms with E-state index in [4.69, 9.17) is 4.74 Å². The molecule has 2 nitrogen and oxygen atoms in total. The molecule has 0 bridgehead atoms. The first-order valence-electron chi connectivity index (χ1n) is 14.0. The molecule has 224 valence electrons. The van der Waals surface area contributed by atoms with Crippen molar-refractivity contribution in [2.24, 2.45) is 5.92 Å². The number of benzene rings is 3. The quantitative estimate of drug-likeness (QED) is 0.201. The predicted molar refractivity (Wildman–Crippen MR) is 146 cm³/mol. The van der Waals surface area contributed by atoms with E-state index in [1.165, 1.54) is 43.5 Å². The van der Waals surface area contributed by atoms with Crippen molar-refractivity contribution in [1.29, 1.82) is 0 Å². The van der Waals surface area contributed by atoms with E-state index in [-0.39, 0.29) is 41.2 Å². The third-order valence-corrected chi connectivity index (χ3v) is 8.55. The first kappa shape index (κ1) is 30.3. The van der Waals surface area contributed by atoms with Crippen LogP contribution in [0, 0.1) is 35.0 Å². The van der Waals surface area contributed by atoms with Crippen molar-refractivity contribution < 1.29 is 40.2 Å². The molecule has 0 N–H and O–H groups in total. The van der Waals surface area contributed by atoms with E-state index >= 15 is 8.78 Å². The van der Waals surface area contributed by atoms with Crippen molar-refractivity contribution in [3.8, 4) is 11.1 Å². The van der Waals surface area contributed by atoms with Crippen molar-refractivity contribution in [2.45, 2.75) is 56.5 Å². The van der Waals surface area contributed by atoms with Gasteiger partial charge >= 0.3 is 0 Å². The van der Waals surface area contributed by atoms with Crippen LogP contribution in [0.25, 0.3) is 17.0 Å². The summed E-state index contributed by atoms with van der Waals surface area (Å²) in [4.78, 5) is 0. The molecule has 2 unspecified atom stereocenters. The molecule has 2 fully saturated rings. The number of hydrogen-bond donors (Lipinski definition) is 0. The van der Waals surface area contributed by atoms with Gasteiger partial charge in [0, 0.05) is 24.2 Å². The fourth-order valence-electron chi connectivity index (χ4n) is 6.30. The van der Waals surface area contributed by atoms with Crippen LogP contribution in [-0.4, -0.2) is 26.4 Å². The second kappa shape index (κ2) is 13.0. The van der Waals surface area contributed by atoms with Gasteiger partial charge in [-0.25, -0.2) is 30.7 Å². The Bertz CT molecular complexity index is 1390. The zero-order valence-corrected chi connectivity index (χ0v) is 23.0.